The van der Waals surface area contributed by atoms with Gasteiger partial charge in [0.15, 0.2) is 0 Å². The molecular weight excluding hydrogens is 300 g/mol. The van der Waals surface area contributed by atoms with Crippen molar-refractivity contribution >= 4 is 17.4 Å². The molecule has 6 heteroatoms. The van der Waals surface area contributed by atoms with Crippen LogP contribution < -0.4 is 10.1 Å². The molecule has 0 saturated heterocycles. The quantitative estimate of drug-likeness (QED) is 0.829. The number of likely N-dealkylation sites (N-methyl/N-ethyl adjacent to an activating group) is 1. The van der Waals surface area contributed by atoms with Crippen molar-refractivity contribution in [3.05, 3.63) is 46.9 Å². The van der Waals surface area contributed by atoms with Crippen LogP contribution in [0.4, 0.5) is 5.82 Å². The van der Waals surface area contributed by atoms with Crippen LogP contribution in [0.15, 0.2) is 30.3 Å². The fourth-order valence-corrected chi connectivity index (χ4v) is 2.50. The summed E-state index contributed by atoms with van der Waals surface area (Å²) in [7, 11) is 5.77. The molecule has 5 nitrogen and oxygen atoms in total. The largest absolute Gasteiger partial charge is 0.497 e. The number of benzene rings is 1. The summed E-state index contributed by atoms with van der Waals surface area (Å²) in [6.07, 6.45) is 0. The molecule has 1 aromatic heterocycles. The Kier molecular flexibility index (Phi) is 5.57. The third-order valence-corrected chi connectivity index (χ3v) is 3.58. The smallest absolute Gasteiger partial charge is 0.134 e. The van der Waals surface area contributed by atoms with E-state index in [0.717, 1.165) is 11.6 Å². The minimum Gasteiger partial charge on any atom is -0.497 e. The number of ether oxygens (including phenoxy) is 1. The number of hydrogen-bond acceptors (Lipinski definition) is 5. The third kappa shape index (κ3) is 4.32. The van der Waals surface area contributed by atoms with Gasteiger partial charge >= 0.3 is 0 Å². The van der Waals surface area contributed by atoms with Gasteiger partial charge in [0.1, 0.15) is 22.5 Å². The minimum atomic E-state index is 0.184. The van der Waals surface area contributed by atoms with Crippen LogP contribution in [0.3, 0.4) is 0 Å². The number of hydrogen-bond donors (Lipinski definition) is 1. The van der Waals surface area contributed by atoms with Gasteiger partial charge in [0, 0.05) is 12.6 Å². The second-order valence-corrected chi connectivity index (χ2v) is 5.65. The highest BCUT2D eigenvalue weighted by Gasteiger charge is 2.15. The van der Waals surface area contributed by atoms with Crippen LogP contribution in [-0.2, 0) is 0 Å². The van der Waals surface area contributed by atoms with E-state index < -0.39 is 0 Å². The van der Waals surface area contributed by atoms with Gasteiger partial charge in [-0.1, -0.05) is 23.7 Å². The number of methoxy groups -OCH3 is 1. The average molecular weight is 321 g/mol. The Bertz CT molecular complexity index is 613. The lowest BCUT2D eigenvalue weighted by Gasteiger charge is -2.25. The van der Waals surface area contributed by atoms with E-state index in [9.17, 15) is 0 Å². The van der Waals surface area contributed by atoms with E-state index in [4.69, 9.17) is 16.3 Å². The lowest BCUT2D eigenvalue weighted by molar-refractivity contribution is 0.310. The summed E-state index contributed by atoms with van der Waals surface area (Å²) >= 11 is 5.97. The Hall–Kier alpha value is -1.85. The first-order valence-corrected chi connectivity index (χ1v) is 7.43. The van der Waals surface area contributed by atoms with Crippen molar-refractivity contribution in [3.8, 4) is 5.75 Å². The van der Waals surface area contributed by atoms with Gasteiger partial charge in [0.25, 0.3) is 0 Å². The second kappa shape index (κ2) is 7.42. The van der Waals surface area contributed by atoms with Crippen molar-refractivity contribution in [3.63, 3.8) is 0 Å². The zero-order chi connectivity index (χ0) is 16.1. The molecule has 0 aliphatic rings. The molecule has 0 bridgehead atoms. The molecule has 0 radical (unpaired) electrons. The van der Waals surface area contributed by atoms with Crippen molar-refractivity contribution in [1.29, 1.82) is 0 Å². The Labute approximate surface area is 136 Å². The van der Waals surface area contributed by atoms with Crippen molar-refractivity contribution in [2.75, 3.05) is 33.1 Å². The van der Waals surface area contributed by atoms with Crippen LogP contribution in [0.1, 0.15) is 17.4 Å². The first-order chi connectivity index (χ1) is 10.5. The van der Waals surface area contributed by atoms with Gasteiger partial charge in [-0.15, -0.1) is 0 Å². The molecule has 118 valence electrons. The zero-order valence-electron chi connectivity index (χ0n) is 13.3. The summed E-state index contributed by atoms with van der Waals surface area (Å²) in [4.78, 5) is 10.6. The Balaban J connectivity index is 2.15. The number of aromatic nitrogens is 2. The standard InChI is InChI=1S/C16H21ClN4O/c1-11-19-15(17)9-16(20-11)18-10-14(21(2)3)12-6-5-7-13(8-12)22-4/h5-9,14H,10H2,1-4H3,(H,18,19,20)/t14-/m1/s1. The van der Waals surface area contributed by atoms with E-state index in [-0.39, 0.29) is 6.04 Å². The Morgan fingerprint density at radius 2 is 2.05 bits per heavy atom. The Morgan fingerprint density at radius 3 is 2.68 bits per heavy atom. The van der Waals surface area contributed by atoms with E-state index in [1.807, 2.05) is 39.2 Å². The molecule has 1 aromatic carbocycles. The first kappa shape index (κ1) is 16.5. The van der Waals surface area contributed by atoms with Crippen LogP contribution in [0.25, 0.3) is 0 Å². The Morgan fingerprint density at radius 1 is 1.27 bits per heavy atom. The van der Waals surface area contributed by atoms with Gasteiger partial charge < -0.3 is 15.0 Å². The van der Waals surface area contributed by atoms with E-state index in [2.05, 4.69) is 26.3 Å². The molecule has 0 amide bonds. The summed E-state index contributed by atoms with van der Waals surface area (Å²) in [6.45, 7) is 2.52. The van der Waals surface area contributed by atoms with Gasteiger partial charge in [-0.3, -0.25) is 0 Å². The molecule has 1 atom stereocenters. The zero-order valence-corrected chi connectivity index (χ0v) is 14.1. The summed E-state index contributed by atoms with van der Waals surface area (Å²) in [5.74, 6) is 2.23. The molecule has 22 heavy (non-hydrogen) atoms. The number of rotatable bonds is 6. The van der Waals surface area contributed by atoms with E-state index in [1.165, 1.54) is 5.56 Å². The number of aryl methyl sites for hydroxylation is 1. The van der Waals surface area contributed by atoms with Crippen molar-refractivity contribution in [2.24, 2.45) is 0 Å². The predicted molar refractivity (Wildman–Crippen MR) is 89.7 cm³/mol. The monoisotopic (exact) mass is 320 g/mol. The van der Waals surface area contributed by atoms with Crippen molar-refractivity contribution < 1.29 is 4.74 Å². The normalized spacial score (nSPS) is 12.3. The summed E-state index contributed by atoms with van der Waals surface area (Å²) in [5, 5.41) is 3.77. The van der Waals surface area contributed by atoms with E-state index in [1.54, 1.807) is 13.2 Å². The topological polar surface area (TPSA) is 50.3 Å². The lowest BCUT2D eigenvalue weighted by Crippen LogP contribution is -2.27. The highest BCUT2D eigenvalue weighted by Crippen LogP contribution is 2.23. The van der Waals surface area contributed by atoms with Gasteiger partial charge in [-0.05, 0) is 38.7 Å². The maximum atomic E-state index is 5.97. The molecule has 2 aromatic rings. The molecule has 0 fully saturated rings. The number of anilines is 1. The van der Waals surface area contributed by atoms with Gasteiger partial charge in [-0.2, -0.15) is 0 Å². The molecule has 0 unspecified atom stereocenters. The molecule has 1 heterocycles. The molecule has 2 rings (SSSR count). The average Bonchev–Trinajstić information content (AvgIpc) is 2.46. The van der Waals surface area contributed by atoms with E-state index in [0.29, 0.717) is 17.5 Å². The molecule has 0 spiro atoms. The minimum absolute atomic E-state index is 0.184. The van der Waals surface area contributed by atoms with Crippen LogP contribution in [-0.4, -0.2) is 42.6 Å². The SMILES string of the molecule is COc1cccc([C@@H](CNc2cc(Cl)nc(C)n2)N(C)C)c1. The summed E-state index contributed by atoms with van der Waals surface area (Å²) in [6, 6.07) is 9.99. The van der Waals surface area contributed by atoms with Gasteiger partial charge in [-0.25, -0.2) is 9.97 Å². The number of nitrogens with one attached hydrogen (secondary N) is 1. The van der Waals surface area contributed by atoms with Gasteiger partial charge in [0.2, 0.25) is 0 Å². The van der Waals surface area contributed by atoms with Crippen molar-refractivity contribution in [1.82, 2.24) is 14.9 Å². The van der Waals surface area contributed by atoms with E-state index >= 15 is 0 Å². The highest BCUT2D eigenvalue weighted by atomic mass is 35.5. The van der Waals surface area contributed by atoms with Crippen LogP contribution in [0.2, 0.25) is 5.15 Å². The number of nitrogens with zero attached hydrogens (tertiary/aromatic N) is 3. The van der Waals surface area contributed by atoms with Crippen LogP contribution in [0, 0.1) is 6.92 Å². The fraction of sp³-hybridized carbons (Fsp3) is 0.375. The van der Waals surface area contributed by atoms with Crippen LogP contribution in [0.5, 0.6) is 5.75 Å². The molecule has 0 aliphatic heterocycles. The molecular formula is C16H21ClN4O. The second-order valence-electron chi connectivity index (χ2n) is 5.26. The highest BCUT2D eigenvalue weighted by molar-refractivity contribution is 6.29. The van der Waals surface area contributed by atoms with Crippen molar-refractivity contribution in [2.45, 2.75) is 13.0 Å². The summed E-state index contributed by atoms with van der Waals surface area (Å²) < 4.78 is 5.30. The van der Waals surface area contributed by atoms with Gasteiger partial charge in [0.05, 0.1) is 13.2 Å². The maximum absolute atomic E-state index is 5.97. The predicted octanol–water partition coefficient (Wildman–Crippen LogP) is 3.16. The summed E-state index contributed by atoms with van der Waals surface area (Å²) in [5.41, 5.74) is 1.17. The third-order valence-electron chi connectivity index (χ3n) is 3.39. The number of halogens is 1. The van der Waals surface area contributed by atoms with Crippen LogP contribution >= 0.6 is 11.6 Å². The maximum Gasteiger partial charge on any atom is 0.134 e. The molecule has 0 aliphatic carbocycles. The first-order valence-electron chi connectivity index (χ1n) is 7.05. The molecule has 0 saturated carbocycles. The molecule has 1 N–H and O–H groups in total. The lowest BCUT2D eigenvalue weighted by atomic mass is 10.1. The fourth-order valence-electron chi connectivity index (χ4n) is 2.27.